The van der Waals surface area contributed by atoms with Crippen LogP contribution in [0.4, 0.5) is 8.78 Å². The van der Waals surface area contributed by atoms with Gasteiger partial charge in [-0.25, -0.2) is 8.78 Å². The molecule has 0 unspecified atom stereocenters. The van der Waals surface area contributed by atoms with Gasteiger partial charge in [-0.1, -0.05) is 30.3 Å². The summed E-state index contributed by atoms with van der Waals surface area (Å²) < 4.78 is 39.8. The van der Waals surface area contributed by atoms with E-state index >= 15 is 0 Å². The Bertz CT molecular complexity index is 955. The van der Waals surface area contributed by atoms with E-state index in [0.717, 1.165) is 11.6 Å². The number of rotatable bonds is 4. The van der Waals surface area contributed by atoms with E-state index in [4.69, 9.17) is 9.47 Å². The number of carbonyl (C=O) groups is 1. The maximum absolute atomic E-state index is 14.5. The van der Waals surface area contributed by atoms with Crippen molar-refractivity contribution < 1.29 is 23.0 Å². The highest BCUT2D eigenvalue weighted by Crippen LogP contribution is 2.52. The number of ether oxygens (including phenoxy) is 2. The summed E-state index contributed by atoms with van der Waals surface area (Å²) in [5.41, 5.74) is 0.525. The second kappa shape index (κ2) is 6.78. The SMILES string of the molecule is COc1ccc(F)c(F)c1CN1CC[C@@]23OC[C@@H](c4ccccc4)N2C(=O)C[C@@H]13. The number of hydrogen-bond acceptors (Lipinski definition) is 4. The van der Waals surface area contributed by atoms with E-state index in [1.165, 1.54) is 13.2 Å². The average molecular weight is 400 g/mol. The third kappa shape index (κ3) is 2.68. The predicted molar refractivity (Wildman–Crippen MR) is 101 cm³/mol. The van der Waals surface area contributed by atoms with Gasteiger partial charge in [0.05, 0.1) is 25.8 Å². The van der Waals surface area contributed by atoms with Crippen LogP contribution in [0.15, 0.2) is 42.5 Å². The first-order valence-corrected chi connectivity index (χ1v) is 9.81. The minimum atomic E-state index is -0.903. The fraction of sp³-hybridized carbons (Fsp3) is 0.409. The largest absolute Gasteiger partial charge is 0.496 e. The van der Waals surface area contributed by atoms with Gasteiger partial charge in [0.25, 0.3) is 0 Å². The quantitative estimate of drug-likeness (QED) is 0.790. The van der Waals surface area contributed by atoms with Crippen LogP contribution in [0.3, 0.4) is 0 Å². The van der Waals surface area contributed by atoms with E-state index in [0.29, 0.717) is 31.7 Å². The van der Waals surface area contributed by atoms with Crippen molar-refractivity contribution in [2.75, 3.05) is 20.3 Å². The number of likely N-dealkylation sites (tertiary alicyclic amines) is 1. The highest BCUT2D eigenvalue weighted by Gasteiger charge is 2.64. The van der Waals surface area contributed by atoms with Gasteiger partial charge in [0.2, 0.25) is 5.91 Å². The van der Waals surface area contributed by atoms with Crippen molar-refractivity contribution in [1.29, 1.82) is 0 Å². The molecule has 3 aliphatic heterocycles. The van der Waals surface area contributed by atoms with E-state index in [1.54, 1.807) is 0 Å². The number of carbonyl (C=O) groups excluding carboxylic acids is 1. The van der Waals surface area contributed by atoms with Crippen molar-refractivity contribution in [3.8, 4) is 5.75 Å². The van der Waals surface area contributed by atoms with Gasteiger partial charge < -0.3 is 14.4 Å². The summed E-state index contributed by atoms with van der Waals surface area (Å²) in [5.74, 6) is -1.46. The molecule has 2 aromatic carbocycles. The zero-order valence-corrected chi connectivity index (χ0v) is 16.1. The predicted octanol–water partition coefficient (Wildman–Crippen LogP) is 3.25. The first-order valence-electron chi connectivity index (χ1n) is 9.81. The van der Waals surface area contributed by atoms with Crippen molar-refractivity contribution in [1.82, 2.24) is 9.80 Å². The van der Waals surface area contributed by atoms with Crippen molar-refractivity contribution in [3.63, 3.8) is 0 Å². The molecule has 3 fully saturated rings. The number of halogens is 2. The molecule has 2 aromatic rings. The van der Waals surface area contributed by atoms with Crippen LogP contribution in [-0.4, -0.2) is 47.7 Å². The number of benzene rings is 2. The Morgan fingerprint density at radius 3 is 2.76 bits per heavy atom. The molecule has 3 saturated heterocycles. The fourth-order valence-electron chi connectivity index (χ4n) is 5.16. The Morgan fingerprint density at radius 1 is 1.21 bits per heavy atom. The van der Waals surface area contributed by atoms with Gasteiger partial charge >= 0.3 is 0 Å². The van der Waals surface area contributed by atoms with Crippen LogP contribution >= 0.6 is 0 Å². The summed E-state index contributed by atoms with van der Waals surface area (Å²) in [6.07, 6.45) is 0.953. The van der Waals surface area contributed by atoms with Gasteiger partial charge in [-0.3, -0.25) is 9.69 Å². The standard InChI is InChI=1S/C22H22F2N2O3/c1-28-18-8-7-16(23)21(24)15(18)12-25-10-9-22-19(25)11-20(27)26(22)17(13-29-22)14-5-3-2-4-6-14/h2-8,17,19H,9-13H2,1H3/t17-,19+,22-/m0/s1. The maximum atomic E-state index is 14.5. The molecular weight excluding hydrogens is 378 g/mol. The molecule has 0 N–H and O–H groups in total. The lowest BCUT2D eigenvalue weighted by Crippen LogP contribution is -2.48. The second-order valence-corrected chi connectivity index (χ2v) is 7.83. The number of nitrogens with zero attached hydrogens (tertiary/aromatic N) is 2. The first kappa shape index (κ1) is 18.5. The van der Waals surface area contributed by atoms with Gasteiger partial charge in [0, 0.05) is 31.5 Å². The van der Waals surface area contributed by atoms with Crippen LogP contribution in [-0.2, 0) is 16.1 Å². The van der Waals surface area contributed by atoms with Crippen LogP contribution in [0.25, 0.3) is 0 Å². The highest BCUT2D eigenvalue weighted by atomic mass is 19.2. The lowest BCUT2D eigenvalue weighted by Gasteiger charge is -2.33. The normalized spacial score (nSPS) is 28.7. The summed E-state index contributed by atoms with van der Waals surface area (Å²) >= 11 is 0. The van der Waals surface area contributed by atoms with E-state index < -0.39 is 17.4 Å². The lowest BCUT2D eigenvalue weighted by atomic mass is 10.0. The number of hydrogen-bond donors (Lipinski definition) is 0. The van der Waals surface area contributed by atoms with Crippen LogP contribution in [0.2, 0.25) is 0 Å². The Labute approximate surface area is 167 Å². The van der Waals surface area contributed by atoms with E-state index in [9.17, 15) is 13.6 Å². The molecule has 5 rings (SSSR count). The van der Waals surface area contributed by atoms with Crippen molar-refractivity contribution in [3.05, 3.63) is 65.2 Å². The van der Waals surface area contributed by atoms with Crippen molar-refractivity contribution in [2.24, 2.45) is 0 Å². The second-order valence-electron chi connectivity index (χ2n) is 7.83. The van der Waals surface area contributed by atoms with Crippen LogP contribution in [0.5, 0.6) is 5.75 Å². The molecule has 0 aromatic heterocycles. The zero-order valence-electron chi connectivity index (χ0n) is 16.1. The van der Waals surface area contributed by atoms with Crippen molar-refractivity contribution in [2.45, 2.75) is 37.2 Å². The Hall–Kier alpha value is -2.51. The summed E-state index contributed by atoms with van der Waals surface area (Å²) in [6, 6.07) is 12.1. The monoisotopic (exact) mass is 400 g/mol. The van der Waals surface area contributed by atoms with Gasteiger partial charge in [-0.15, -0.1) is 0 Å². The minimum Gasteiger partial charge on any atom is -0.496 e. The molecule has 152 valence electrons. The Balaban J connectivity index is 1.45. The topological polar surface area (TPSA) is 42.0 Å². The van der Waals surface area contributed by atoms with E-state index in [2.05, 4.69) is 0 Å². The van der Waals surface area contributed by atoms with Gasteiger partial charge in [-0.2, -0.15) is 0 Å². The maximum Gasteiger partial charge on any atom is 0.227 e. The molecule has 1 amide bonds. The number of methoxy groups -OCH3 is 1. The van der Waals surface area contributed by atoms with Gasteiger partial charge in [0.1, 0.15) is 5.75 Å². The molecule has 0 bridgehead atoms. The smallest absolute Gasteiger partial charge is 0.227 e. The molecule has 0 aliphatic carbocycles. The molecule has 3 heterocycles. The van der Waals surface area contributed by atoms with Gasteiger partial charge in [0.15, 0.2) is 17.4 Å². The van der Waals surface area contributed by atoms with Crippen LogP contribution in [0.1, 0.15) is 30.0 Å². The lowest BCUT2D eigenvalue weighted by molar-refractivity contribution is -0.138. The highest BCUT2D eigenvalue weighted by molar-refractivity contribution is 5.82. The molecule has 0 radical (unpaired) electrons. The molecule has 5 nitrogen and oxygen atoms in total. The summed E-state index contributed by atoms with van der Waals surface area (Å²) in [4.78, 5) is 16.9. The van der Waals surface area contributed by atoms with Crippen molar-refractivity contribution >= 4 is 5.91 Å². The minimum absolute atomic E-state index is 0.0396. The molecule has 0 saturated carbocycles. The van der Waals surface area contributed by atoms with E-state index in [1.807, 2.05) is 40.1 Å². The van der Waals surface area contributed by atoms with E-state index in [-0.39, 0.29) is 30.1 Å². The molecule has 7 heteroatoms. The third-order valence-corrected chi connectivity index (χ3v) is 6.48. The summed E-state index contributed by atoms with van der Waals surface area (Å²) in [6.45, 7) is 1.24. The van der Waals surface area contributed by atoms with Crippen LogP contribution in [0, 0.1) is 11.6 Å². The summed E-state index contributed by atoms with van der Waals surface area (Å²) in [5, 5.41) is 0. The molecule has 1 spiro atoms. The summed E-state index contributed by atoms with van der Waals surface area (Å²) in [7, 11) is 1.44. The molecule has 29 heavy (non-hydrogen) atoms. The molecule has 3 atom stereocenters. The molecular formula is C22H22F2N2O3. The first-order chi connectivity index (χ1) is 14.0. The average Bonchev–Trinajstić information content (AvgIpc) is 3.36. The zero-order chi connectivity index (χ0) is 20.2. The van der Waals surface area contributed by atoms with Crippen LogP contribution < -0.4 is 4.74 Å². The Kier molecular flexibility index (Phi) is 4.33. The molecule has 3 aliphatic rings. The van der Waals surface area contributed by atoms with Gasteiger partial charge in [-0.05, 0) is 17.7 Å². The Morgan fingerprint density at radius 2 is 2.00 bits per heavy atom. The number of amides is 1. The third-order valence-electron chi connectivity index (χ3n) is 6.48. The fourth-order valence-corrected chi connectivity index (χ4v) is 5.16.